The molecule has 0 spiro atoms. The number of rotatable bonds is 9. The minimum absolute atomic E-state index is 0.0796. The molecule has 1 aromatic carbocycles. The number of nitrogens with zero attached hydrogens (tertiary/aromatic N) is 2. The third-order valence-electron chi connectivity index (χ3n) is 3.16. The molecule has 0 saturated heterocycles. The minimum Gasteiger partial charge on any atom is -0.378 e. The zero-order valence-electron chi connectivity index (χ0n) is 14.7. The van der Waals surface area contributed by atoms with Crippen molar-refractivity contribution in [3.05, 3.63) is 28.3 Å². The molecule has 3 N–H and O–H groups in total. The SMILES string of the molecule is CCCN=C(NCC)NCCNc1ccc(S(C)(=O)=O)cc1[N+](=O)[O-]. The molecule has 0 radical (unpaired) electrons. The Labute approximate surface area is 148 Å². The lowest BCUT2D eigenvalue weighted by Crippen LogP contribution is -2.39. The molecule has 10 heteroatoms. The van der Waals surface area contributed by atoms with Crippen molar-refractivity contribution in [2.75, 3.05) is 37.8 Å². The fourth-order valence-electron chi connectivity index (χ4n) is 1.99. The van der Waals surface area contributed by atoms with Crippen molar-refractivity contribution in [3.63, 3.8) is 0 Å². The van der Waals surface area contributed by atoms with Gasteiger partial charge in [0, 0.05) is 38.5 Å². The van der Waals surface area contributed by atoms with Crippen LogP contribution in [0.3, 0.4) is 0 Å². The average Bonchev–Trinajstić information content (AvgIpc) is 2.55. The van der Waals surface area contributed by atoms with Crippen LogP contribution < -0.4 is 16.0 Å². The second kappa shape index (κ2) is 9.82. The molecular weight excluding hydrogens is 346 g/mol. The Morgan fingerprint density at radius 1 is 1.24 bits per heavy atom. The first kappa shape index (κ1) is 20.7. The fraction of sp³-hybridized carbons (Fsp3) is 0.533. The molecule has 1 aromatic rings. The highest BCUT2D eigenvalue weighted by Gasteiger charge is 2.18. The Bertz CT molecular complexity index is 719. The molecule has 0 fully saturated rings. The summed E-state index contributed by atoms with van der Waals surface area (Å²) < 4.78 is 23.1. The number of nitro benzene ring substituents is 1. The summed E-state index contributed by atoms with van der Waals surface area (Å²) >= 11 is 0. The lowest BCUT2D eigenvalue weighted by atomic mass is 10.2. The van der Waals surface area contributed by atoms with E-state index in [1.807, 2.05) is 13.8 Å². The van der Waals surface area contributed by atoms with Crippen molar-refractivity contribution in [2.45, 2.75) is 25.2 Å². The van der Waals surface area contributed by atoms with E-state index in [0.29, 0.717) is 25.6 Å². The number of hydrogen-bond acceptors (Lipinski definition) is 6. The quantitative estimate of drug-likeness (QED) is 0.197. The molecule has 1 rings (SSSR count). The number of nitro groups is 1. The maximum Gasteiger partial charge on any atom is 0.293 e. The lowest BCUT2D eigenvalue weighted by molar-refractivity contribution is -0.384. The maximum absolute atomic E-state index is 11.5. The van der Waals surface area contributed by atoms with Gasteiger partial charge in [-0.05, 0) is 25.5 Å². The van der Waals surface area contributed by atoms with E-state index in [0.717, 1.165) is 25.3 Å². The van der Waals surface area contributed by atoms with E-state index in [9.17, 15) is 18.5 Å². The lowest BCUT2D eigenvalue weighted by Gasteiger charge is -2.12. The van der Waals surface area contributed by atoms with Crippen LogP contribution in [0.2, 0.25) is 0 Å². The highest BCUT2D eigenvalue weighted by Crippen LogP contribution is 2.27. The van der Waals surface area contributed by atoms with Crippen LogP contribution in [0.1, 0.15) is 20.3 Å². The molecule has 0 unspecified atom stereocenters. The summed E-state index contributed by atoms with van der Waals surface area (Å²) in [6.07, 6.45) is 1.95. The Kier molecular flexibility index (Phi) is 8.12. The number of sulfone groups is 1. The van der Waals surface area contributed by atoms with Gasteiger partial charge < -0.3 is 16.0 Å². The van der Waals surface area contributed by atoms with E-state index in [4.69, 9.17) is 0 Å². The van der Waals surface area contributed by atoms with Crippen LogP contribution in [0.5, 0.6) is 0 Å². The Morgan fingerprint density at radius 2 is 1.96 bits per heavy atom. The molecule has 0 bridgehead atoms. The predicted octanol–water partition coefficient (Wildman–Crippen LogP) is 1.38. The second-order valence-corrected chi connectivity index (χ2v) is 7.34. The molecular formula is C15H25N5O4S. The molecule has 0 amide bonds. The summed E-state index contributed by atoms with van der Waals surface area (Å²) in [7, 11) is -3.50. The summed E-state index contributed by atoms with van der Waals surface area (Å²) in [6, 6.07) is 3.83. The predicted molar refractivity (Wildman–Crippen MR) is 99.0 cm³/mol. The van der Waals surface area contributed by atoms with Crippen molar-refractivity contribution in [3.8, 4) is 0 Å². The van der Waals surface area contributed by atoms with Gasteiger partial charge in [0.2, 0.25) is 0 Å². The molecule has 0 aliphatic rings. The highest BCUT2D eigenvalue weighted by atomic mass is 32.2. The first-order chi connectivity index (χ1) is 11.8. The summed E-state index contributed by atoms with van der Waals surface area (Å²) in [5.74, 6) is 0.688. The first-order valence-electron chi connectivity index (χ1n) is 8.04. The maximum atomic E-state index is 11.5. The van der Waals surface area contributed by atoms with Crippen LogP contribution in [-0.4, -0.2) is 51.7 Å². The van der Waals surface area contributed by atoms with Gasteiger partial charge in [-0.2, -0.15) is 0 Å². The summed E-state index contributed by atoms with van der Waals surface area (Å²) in [5, 5.41) is 20.3. The van der Waals surface area contributed by atoms with E-state index in [1.165, 1.54) is 12.1 Å². The number of hydrogen-bond donors (Lipinski definition) is 3. The van der Waals surface area contributed by atoms with Crippen molar-refractivity contribution in [2.24, 2.45) is 4.99 Å². The number of aliphatic imine (C=N–C) groups is 1. The van der Waals surface area contributed by atoms with E-state index in [-0.39, 0.29) is 16.3 Å². The van der Waals surface area contributed by atoms with Gasteiger partial charge in [0.15, 0.2) is 15.8 Å². The topological polar surface area (TPSA) is 126 Å². The molecule has 0 heterocycles. The van der Waals surface area contributed by atoms with E-state index < -0.39 is 14.8 Å². The van der Waals surface area contributed by atoms with Crippen LogP contribution in [-0.2, 0) is 9.84 Å². The molecule has 0 aromatic heterocycles. The summed E-state index contributed by atoms with van der Waals surface area (Å²) in [6.45, 7) is 6.36. The highest BCUT2D eigenvalue weighted by molar-refractivity contribution is 7.90. The largest absolute Gasteiger partial charge is 0.378 e. The van der Waals surface area contributed by atoms with Gasteiger partial charge in [-0.3, -0.25) is 15.1 Å². The third-order valence-corrected chi connectivity index (χ3v) is 4.27. The van der Waals surface area contributed by atoms with Crippen LogP contribution in [0.15, 0.2) is 28.1 Å². The molecule has 25 heavy (non-hydrogen) atoms. The minimum atomic E-state index is -3.50. The van der Waals surface area contributed by atoms with Crippen LogP contribution in [0.25, 0.3) is 0 Å². The number of nitrogens with one attached hydrogen (secondary N) is 3. The monoisotopic (exact) mass is 371 g/mol. The van der Waals surface area contributed by atoms with Crippen LogP contribution in [0, 0.1) is 10.1 Å². The van der Waals surface area contributed by atoms with Crippen molar-refractivity contribution in [1.29, 1.82) is 0 Å². The second-order valence-electron chi connectivity index (χ2n) is 5.32. The van der Waals surface area contributed by atoms with Gasteiger partial charge in [-0.25, -0.2) is 8.42 Å². The summed E-state index contributed by atoms with van der Waals surface area (Å²) in [5.41, 5.74) is 0.00387. The smallest absolute Gasteiger partial charge is 0.293 e. The van der Waals surface area contributed by atoms with E-state index >= 15 is 0 Å². The zero-order valence-corrected chi connectivity index (χ0v) is 15.5. The fourth-order valence-corrected chi connectivity index (χ4v) is 2.63. The zero-order chi connectivity index (χ0) is 18.9. The molecule has 0 saturated carbocycles. The first-order valence-corrected chi connectivity index (χ1v) is 9.93. The van der Waals surface area contributed by atoms with Gasteiger partial charge in [-0.15, -0.1) is 0 Å². The van der Waals surface area contributed by atoms with E-state index in [1.54, 1.807) is 0 Å². The molecule has 0 aliphatic heterocycles. The Balaban J connectivity index is 2.72. The molecule has 0 atom stereocenters. The number of benzene rings is 1. The van der Waals surface area contributed by atoms with Gasteiger partial charge in [-0.1, -0.05) is 6.92 Å². The normalized spacial score (nSPS) is 11.9. The summed E-state index contributed by atoms with van der Waals surface area (Å²) in [4.78, 5) is 14.8. The average molecular weight is 371 g/mol. The van der Waals surface area contributed by atoms with E-state index in [2.05, 4.69) is 20.9 Å². The van der Waals surface area contributed by atoms with Crippen LogP contribution >= 0.6 is 0 Å². The number of anilines is 1. The van der Waals surface area contributed by atoms with Crippen LogP contribution in [0.4, 0.5) is 11.4 Å². The molecule has 0 aliphatic carbocycles. The Morgan fingerprint density at radius 3 is 2.52 bits per heavy atom. The van der Waals surface area contributed by atoms with Crippen molar-refractivity contribution < 1.29 is 13.3 Å². The van der Waals surface area contributed by atoms with Crippen molar-refractivity contribution >= 4 is 27.2 Å². The van der Waals surface area contributed by atoms with Gasteiger partial charge in [0.1, 0.15) is 5.69 Å². The standard InChI is InChI=1S/C15H25N5O4S/c1-4-8-18-15(16-5-2)19-10-9-17-13-7-6-12(25(3,23)24)11-14(13)20(21)22/h6-7,11,17H,4-5,8-10H2,1-3H3,(H2,16,18,19). The molecule has 140 valence electrons. The molecule has 9 nitrogen and oxygen atoms in total. The van der Waals surface area contributed by atoms with Gasteiger partial charge in [0.05, 0.1) is 9.82 Å². The Hall–Kier alpha value is -2.36. The van der Waals surface area contributed by atoms with Gasteiger partial charge in [0.25, 0.3) is 5.69 Å². The van der Waals surface area contributed by atoms with Gasteiger partial charge >= 0.3 is 0 Å². The van der Waals surface area contributed by atoms with Crippen molar-refractivity contribution in [1.82, 2.24) is 10.6 Å². The third kappa shape index (κ3) is 6.96. The number of guanidine groups is 1.